The Labute approximate surface area is 137 Å². The van der Waals surface area contributed by atoms with Crippen molar-refractivity contribution in [3.63, 3.8) is 0 Å². The first-order valence-electron chi connectivity index (χ1n) is 6.29. The van der Waals surface area contributed by atoms with Crippen LogP contribution in [-0.4, -0.2) is 14.2 Å². The van der Waals surface area contributed by atoms with Gasteiger partial charge < -0.3 is 9.47 Å². The fourth-order valence-corrected chi connectivity index (χ4v) is 3.12. The molecule has 0 bridgehead atoms. The first kappa shape index (κ1) is 16.1. The molecule has 0 saturated heterocycles. The molecule has 0 fully saturated rings. The van der Waals surface area contributed by atoms with Crippen LogP contribution < -0.4 is 9.47 Å². The average molecular weight is 374 g/mol. The van der Waals surface area contributed by atoms with Gasteiger partial charge in [-0.3, -0.25) is 0 Å². The van der Waals surface area contributed by atoms with Gasteiger partial charge in [0, 0.05) is 10.0 Å². The van der Waals surface area contributed by atoms with Crippen LogP contribution in [-0.2, 0) is 0 Å². The molecule has 0 saturated carbocycles. The van der Waals surface area contributed by atoms with Gasteiger partial charge in [-0.15, -0.1) is 11.6 Å². The standard InChI is InChI=1S/C16H15BrClFO2/c1-9-4-5-13(19)11(6-9)16(18)10-7-14(20-2)15(21-3)8-12(10)17/h4-8,16H,1-3H3. The Morgan fingerprint density at radius 2 is 1.67 bits per heavy atom. The summed E-state index contributed by atoms with van der Waals surface area (Å²) in [6.07, 6.45) is 0. The predicted molar refractivity (Wildman–Crippen MR) is 86.1 cm³/mol. The number of alkyl halides is 1. The van der Waals surface area contributed by atoms with E-state index < -0.39 is 5.38 Å². The Kier molecular flexibility index (Phi) is 5.12. The molecule has 0 N–H and O–H groups in total. The summed E-state index contributed by atoms with van der Waals surface area (Å²) in [6, 6.07) is 8.40. The molecule has 0 amide bonds. The summed E-state index contributed by atoms with van der Waals surface area (Å²) < 4.78 is 25.2. The third-order valence-corrected chi connectivity index (χ3v) is 4.36. The summed E-state index contributed by atoms with van der Waals surface area (Å²) in [4.78, 5) is 0. The molecule has 1 atom stereocenters. The number of benzene rings is 2. The van der Waals surface area contributed by atoms with Crippen LogP contribution in [0.3, 0.4) is 0 Å². The lowest BCUT2D eigenvalue weighted by molar-refractivity contribution is 0.354. The highest BCUT2D eigenvalue weighted by atomic mass is 79.9. The molecular formula is C16H15BrClFO2. The van der Waals surface area contributed by atoms with Gasteiger partial charge in [-0.2, -0.15) is 0 Å². The van der Waals surface area contributed by atoms with Crippen molar-refractivity contribution in [3.8, 4) is 11.5 Å². The van der Waals surface area contributed by atoms with Gasteiger partial charge in [-0.05, 0) is 30.7 Å². The highest BCUT2D eigenvalue weighted by molar-refractivity contribution is 9.10. The minimum absolute atomic E-state index is 0.331. The molecule has 0 spiro atoms. The quantitative estimate of drug-likeness (QED) is 0.682. The highest BCUT2D eigenvalue weighted by Crippen LogP contribution is 2.41. The zero-order chi connectivity index (χ0) is 15.6. The normalized spacial score (nSPS) is 12.1. The van der Waals surface area contributed by atoms with Crippen molar-refractivity contribution in [1.82, 2.24) is 0 Å². The Balaban J connectivity index is 2.52. The van der Waals surface area contributed by atoms with Crippen LogP contribution in [0.15, 0.2) is 34.8 Å². The molecule has 0 aliphatic carbocycles. The zero-order valence-corrected chi connectivity index (χ0v) is 14.3. The smallest absolute Gasteiger partial charge is 0.161 e. The maximum atomic E-state index is 14.0. The topological polar surface area (TPSA) is 18.5 Å². The Hall–Kier alpha value is -1.26. The van der Waals surface area contributed by atoms with Crippen molar-refractivity contribution in [2.24, 2.45) is 0 Å². The van der Waals surface area contributed by atoms with Gasteiger partial charge in [0.05, 0.1) is 19.6 Å². The highest BCUT2D eigenvalue weighted by Gasteiger charge is 2.20. The van der Waals surface area contributed by atoms with Gasteiger partial charge in [-0.25, -0.2) is 4.39 Å². The van der Waals surface area contributed by atoms with E-state index in [0.717, 1.165) is 15.6 Å². The van der Waals surface area contributed by atoms with E-state index in [4.69, 9.17) is 21.1 Å². The lowest BCUT2D eigenvalue weighted by Crippen LogP contribution is -2.01. The second-order valence-corrected chi connectivity index (χ2v) is 5.91. The van der Waals surface area contributed by atoms with Crippen LogP contribution in [0.4, 0.5) is 4.39 Å². The second-order valence-electron chi connectivity index (χ2n) is 4.62. The van der Waals surface area contributed by atoms with Crippen LogP contribution >= 0.6 is 27.5 Å². The fraction of sp³-hybridized carbons (Fsp3) is 0.250. The number of methoxy groups -OCH3 is 2. The lowest BCUT2D eigenvalue weighted by Gasteiger charge is -2.17. The van der Waals surface area contributed by atoms with Gasteiger partial charge in [0.25, 0.3) is 0 Å². The first-order valence-corrected chi connectivity index (χ1v) is 7.52. The molecule has 0 heterocycles. The van der Waals surface area contributed by atoms with Crippen molar-refractivity contribution in [2.75, 3.05) is 14.2 Å². The van der Waals surface area contributed by atoms with Gasteiger partial charge in [0.15, 0.2) is 11.5 Å². The molecule has 2 nitrogen and oxygen atoms in total. The van der Waals surface area contributed by atoms with E-state index in [1.165, 1.54) is 6.07 Å². The van der Waals surface area contributed by atoms with Gasteiger partial charge in [-0.1, -0.05) is 33.6 Å². The van der Waals surface area contributed by atoms with Crippen molar-refractivity contribution in [2.45, 2.75) is 12.3 Å². The molecular weight excluding hydrogens is 359 g/mol. The molecule has 0 radical (unpaired) electrons. The van der Waals surface area contributed by atoms with Crippen molar-refractivity contribution in [3.05, 3.63) is 57.3 Å². The van der Waals surface area contributed by atoms with Crippen LogP contribution in [0.2, 0.25) is 0 Å². The van der Waals surface area contributed by atoms with Crippen LogP contribution in [0.5, 0.6) is 11.5 Å². The summed E-state index contributed by atoms with van der Waals surface area (Å²) in [5.74, 6) is 0.804. The first-order chi connectivity index (χ1) is 9.97. The fourth-order valence-electron chi connectivity index (χ4n) is 2.09. The second kappa shape index (κ2) is 6.67. The molecule has 0 aromatic heterocycles. The summed E-state index contributed by atoms with van der Waals surface area (Å²) in [6.45, 7) is 1.90. The van der Waals surface area contributed by atoms with Crippen molar-refractivity contribution in [1.29, 1.82) is 0 Å². The summed E-state index contributed by atoms with van der Waals surface area (Å²) in [7, 11) is 3.11. The third-order valence-electron chi connectivity index (χ3n) is 3.20. The van der Waals surface area contributed by atoms with E-state index in [-0.39, 0.29) is 5.82 Å². The SMILES string of the molecule is COc1cc(Br)c(C(Cl)c2cc(C)ccc2F)cc1OC. The van der Waals surface area contributed by atoms with Gasteiger partial charge in [0.2, 0.25) is 0 Å². The number of ether oxygens (including phenoxy) is 2. The number of rotatable bonds is 4. The van der Waals surface area contributed by atoms with Gasteiger partial charge in [0.1, 0.15) is 5.82 Å². The number of aryl methyl sites for hydroxylation is 1. The lowest BCUT2D eigenvalue weighted by atomic mass is 10.0. The molecule has 0 aliphatic rings. The van der Waals surface area contributed by atoms with Crippen LogP contribution in [0.1, 0.15) is 22.1 Å². The zero-order valence-electron chi connectivity index (χ0n) is 11.9. The minimum atomic E-state index is -0.626. The Morgan fingerprint density at radius 1 is 1.05 bits per heavy atom. The Morgan fingerprint density at radius 3 is 2.29 bits per heavy atom. The minimum Gasteiger partial charge on any atom is -0.493 e. The Bertz CT molecular complexity index is 661. The van der Waals surface area contributed by atoms with E-state index in [1.807, 2.05) is 6.92 Å². The van der Waals surface area contributed by atoms with E-state index in [1.54, 1.807) is 38.5 Å². The average Bonchev–Trinajstić information content (AvgIpc) is 2.48. The molecule has 112 valence electrons. The number of hydrogen-bond donors (Lipinski definition) is 0. The van der Waals surface area contributed by atoms with Crippen molar-refractivity contribution < 1.29 is 13.9 Å². The van der Waals surface area contributed by atoms with E-state index >= 15 is 0 Å². The van der Waals surface area contributed by atoms with Crippen LogP contribution in [0, 0.1) is 12.7 Å². The third kappa shape index (κ3) is 3.33. The molecule has 5 heteroatoms. The molecule has 2 rings (SSSR count). The van der Waals surface area contributed by atoms with E-state index in [0.29, 0.717) is 17.1 Å². The molecule has 1 unspecified atom stereocenters. The number of halogens is 3. The van der Waals surface area contributed by atoms with Crippen LogP contribution in [0.25, 0.3) is 0 Å². The summed E-state index contributed by atoms with van der Waals surface area (Å²) in [5.41, 5.74) is 2.11. The monoisotopic (exact) mass is 372 g/mol. The largest absolute Gasteiger partial charge is 0.493 e. The maximum absolute atomic E-state index is 14.0. The van der Waals surface area contributed by atoms with E-state index in [2.05, 4.69) is 15.9 Å². The summed E-state index contributed by atoms with van der Waals surface area (Å²) >= 11 is 9.92. The molecule has 2 aromatic carbocycles. The number of hydrogen-bond acceptors (Lipinski definition) is 2. The maximum Gasteiger partial charge on any atom is 0.161 e. The molecule has 21 heavy (non-hydrogen) atoms. The molecule has 0 aliphatic heterocycles. The molecule has 2 aromatic rings. The van der Waals surface area contributed by atoms with Crippen molar-refractivity contribution >= 4 is 27.5 Å². The van der Waals surface area contributed by atoms with E-state index in [9.17, 15) is 4.39 Å². The van der Waals surface area contributed by atoms with Gasteiger partial charge >= 0.3 is 0 Å². The summed E-state index contributed by atoms with van der Waals surface area (Å²) in [5, 5.41) is -0.626. The predicted octanol–water partition coefficient (Wildman–Crippen LogP) is 5.24.